The van der Waals surface area contributed by atoms with E-state index in [0.29, 0.717) is 11.8 Å². The molecule has 4 nitrogen and oxygen atoms in total. The standard InChI is InChI=1S/C13H24N2O2/c1-13(2,3)17-12(16)15-7-10(8-15)11(14)9-5-4-6-9/h9-11H,4-8,14H2,1-3H3. The largest absolute Gasteiger partial charge is 0.444 e. The molecule has 98 valence electrons. The summed E-state index contributed by atoms with van der Waals surface area (Å²) in [5.74, 6) is 1.17. The second-order valence-electron chi connectivity index (χ2n) is 6.41. The number of carbonyl (C=O) groups excluding carboxylic acids is 1. The lowest BCUT2D eigenvalue weighted by atomic mass is 9.73. The third kappa shape index (κ3) is 2.92. The quantitative estimate of drug-likeness (QED) is 0.803. The fraction of sp³-hybridized carbons (Fsp3) is 0.923. The van der Waals surface area contributed by atoms with Crippen LogP contribution in [0, 0.1) is 11.8 Å². The summed E-state index contributed by atoms with van der Waals surface area (Å²) in [6.07, 6.45) is 3.66. The average Bonchev–Trinajstić information content (AvgIpc) is 1.92. The van der Waals surface area contributed by atoms with Gasteiger partial charge in [-0.25, -0.2) is 4.79 Å². The highest BCUT2D eigenvalue weighted by Crippen LogP contribution is 2.34. The summed E-state index contributed by atoms with van der Waals surface area (Å²) in [5, 5.41) is 0. The fourth-order valence-electron chi connectivity index (χ4n) is 2.44. The number of hydrogen-bond donors (Lipinski definition) is 1. The SMILES string of the molecule is CC(C)(C)OC(=O)N1CC(C(N)C2CCC2)C1. The van der Waals surface area contributed by atoms with Crippen molar-refractivity contribution in [1.29, 1.82) is 0 Å². The first-order chi connectivity index (χ1) is 7.87. The van der Waals surface area contributed by atoms with Crippen molar-refractivity contribution in [2.45, 2.75) is 51.7 Å². The Labute approximate surface area is 103 Å². The van der Waals surface area contributed by atoms with Crippen LogP contribution in [0.3, 0.4) is 0 Å². The molecule has 2 fully saturated rings. The van der Waals surface area contributed by atoms with Gasteiger partial charge in [0, 0.05) is 25.0 Å². The molecule has 1 aliphatic carbocycles. The molecule has 2 aliphatic rings. The third-order valence-electron chi connectivity index (χ3n) is 3.80. The maximum absolute atomic E-state index is 11.7. The molecular weight excluding hydrogens is 216 g/mol. The van der Waals surface area contributed by atoms with Crippen LogP contribution < -0.4 is 5.73 Å². The zero-order valence-corrected chi connectivity index (χ0v) is 11.1. The second kappa shape index (κ2) is 4.48. The molecule has 2 rings (SSSR count). The van der Waals surface area contributed by atoms with Crippen molar-refractivity contribution in [3.05, 3.63) is 0 Å². The minimum absolute atomic E-state index is 0.199. The monoisotopic (exact) mass is 240 g/mol. The van der Waals surface area contributed by atoms with Crippen molar-refractivity contribution < 1.29 is 9.53 Å². The van der Waals surface area contributed by atoms with Crippen LogP contribution in [-0.4, -0.2) is 35.7 Å². The number of likely N-dealkylation sites (tertiary alicyclic amines) is 1. The molecule has 0 bridgehead atoms. The number of nitrogens with two attached hydrogens (primary N) is 1. The van der Waals surface area contributed by atoms with Crippen molar-refractivity contribution >= 4 is 6.09 Å². The average molecular weight is 240 g/mol. The van der Waals surface area contributed by atoms with Crippen molar-refractivity contribution in [2.75, 3.05) is 13.1 Å². The van der Waals surface area contributed by atoms with Crippen LogP contribution in [0.2, 0.25) is 0 Å². The molecule has 1 heterocycles. The Bertz CT molecular complexity index is 288. The number of rotatable bonds is 2. The van der Waals surface area contributed by atoms with Gasteiger partial charge in [0.2, 0.25) is 0 Å². The van der Waals surface area contributed by atoms with Crippen LogP contribution in [0.25, 0.3) is 0 Å². The maximum Gasteiger partial charge on any atom is 0.410 e. The summed E-state index contributed by atoms with van der Waals surface area (Å²) in [6, 6.07) is 0.280. The summed E-state index contributed by atoms with van der Waals surface area (Å²) < 4.78 is 5.32. The van der Waals surface area contributed by atoms with Gasteiger partial charge in [-0.2, -0.15) is 0 Å². The Kier molecular flexibility index (Phi) is 3.34. The van der Waals surface area contributed by atoms with E-state index in [1.807, 2.05) is 20.8 Å². The van der Waals surface area contributed by atoms with Gasteiger partial charge in [0.25, 0.3) is 0 Å². The van der Waals surface area contributed by atoms with Gasteiger partial charge in [-0.1, -0.05) is 6.42 Å². The summed E-state index contributed by atoms with van der Waals surface area (Å²) in [4.78, 5) is 13.5. The number of amides is 1. The minimum atomic E-state index is -0.405. The van der Waals surface area contributed by atoms with E-state index >= 15 is 0 Å². The molecule has 0 aromatic heterocycles. The van der Waals surface area contributed by atoms with E-state index in [0.717, 1.165) is 13.1 Å². The van der Waals surface area contributed by atoms with Crippen LogP contribution in [0.4, 0.5) is 4.79 Å². The Morgan fingerprint density at radius 2 is 1.88 bits per heavy atom. The third-order valence-corrected chi connectivity index (χ3v) is 3.80. The molecule has 0 spiro atoms. The number of carbonyl (C=O) groups is 1. The zero-order valence-electron chi connectivity index (χ0n) is 11.1. The Balaban J connectivity index is 1.72. The molecule has 1 amide bonds. The highest BCUT2D eigenvalue weighted by Gasteiger charge is 2.40. The maximum atomic E-state index is 11.7. The van der Waals surface area contributed by atoms with Gasteiger partial charge in [0.05, 0.1) is 0 Å². The van der Waals surface area contributed by atoms with E-state index in [1.165, 1.54) is 19.3 Å². The van der Waals surface area contributed by atoms with E-state index in [2.05, 4.69) is 0 Å². The van der Waals surface area contributed by atoms with Crippen molar-refractivity contribution in [3.63, 3.8) is 0 Å². The normalized spacial score (nSPS) is 23.9. The van der Waals surface area contributed by atoms with Crippen LogP contribution >= 0.6 is 0 Å². The summed E-state index contributed by atoms with van der Waals surface area (Å²) in [6.45, 7) is 7.21. The van der Waals surface area contributed by atoms with E-state index in [-0.39, 0.29) is 12.1 Å². The Morgan fingerprint density at radius 1 is 1.29 bits per heavy atom. The molecule has 1 atom stereocenters. The number of ether oxygens (including phenoxy) is 1. The van der Waals surface area contributed by atoms with Gasteiger partial charge in [0.1, 0.15) is 5.60 Å². The van der Waals surface area contributed by atoms with E-state index in [9.17, 15) is 4.79 Å². The highest BCUT2D eigenvalue weighted by molar-refractivity contribution is 5.69. The topological polar surface area (TPSA) is 55.6 Å². The fourth-order valence-corrected chi connectivity index (χ4v) is 2.44. The van der Waals surface area contributed by atoms with Gasteiger partial charge in [0.15, 0.2) is 0 Å². The zero-order chi connectivity index (χ0) is 12.6. The van der Waals surface area contributed by atoms with E-state index in [4.69, 9.17) is 10.5 Å². The summed E-state index contributed by atoms with van der Waals surface area (Å²) in [7, 11) is 0. The van der Waals surface area contributed by atoms with Crippen molar-refractivity contribution in [1.82, 2.24) is 4.90 Å². The van der Waals surface area contributed by atoms with Crippen molar-refractivity contribution in [3.8, 4) is 0 Å². The summed E-state index contributed by atoms with van der Waals surface area (Å²) >= 11 is 0. The Morgan fingerprint density at radius 3 is 2.29 bits per heavy atom. The molecular formula is C13H24N2O2. The molecule has 0 aromatic carbocycles. The first kappa shape index (κ1) is 12.7. The Hall–Kier alpha value is -0.770. The van der Waals surface area contributed by atoms with Gasteiger partial charge in [-0.3, -0.25) is 0 Å². The van der Waals surface area contributed by atoms with Crippen LogP contribution in [0.15, 0.2) is 0 Å². The molecule has 0 radical (unpaired) electrons. The van der Waals surface area contributed by atoms with Crippen LogP contribution in [0.5, 0.6) is 0 Å². The predicted molar refractivity (Wildman–Crippen MR) is 66.6 cm³/mol. The molecule has 1 saturated carbocycles. The van der Waals surface area contributed by atoms with Gasteiger partial charge in [-0.05, 0) is 39.5 Å². The smallest absolute Gasteiger partial charge is 0.410 e. The van der Waals surface area contributed by atoms with Crippen LogP contribution in [0.1, 0.15) is 40.0 Å². The second-order valence-corrected chi connectivity index (χ2v) is 6.41. The van der Waals surface area contributed by atoms with E-state index < -0.39 is 5.60 Å². The minimum Gasteiger partial charge on any atom is -0.444 e. The molecule has 2 N–H and O–H groups in total. The lowest BCUT2D eigenvalue weighted by Gasteiger charge is -2.46. The number of hydrogen-bond acceptors (Lipinski definition) is 3. The molecule has 17 heavy (non-hydrogen) atoms. The molecule has 0 aromatic rings. The van der Waals surface area contributed by atoms with Gasteiger partial charge < -0.3 is 15.4 Å². The lowest BCUT2D eigenvalue weighted by molar-refractivity contribution is -0.0109. The lowest BCUT2D eigenvalue weighted by Crippen LogP contribution is -2.59. The molecule has 1 saturated heterocycles. The van der Waals surface area contributed by atoms with Gasteiger partial charge in [-0.15, -0.1) is 0 Å². The number of nitrogens with zero attached hydrogens (tertiary/aromatic N) is 1. The van der Waals surface area contributed by atoms with Crippen molar-refractivity contribution in [2.24, 2.45) is 17.6 Å². The highest BCUT2D eigenvalue weighted by atomic mass is 16.6. The molecule has 1 aliphatic heterocycles. The van der Waals surface area contributed by atoms with Crippen LogP contribution in [-0.2, 0) is 4.74 Å². The first-order valence-electron chi connectivity index (χ1n) is 6.60. The first-order valence-corrected chi connectivity index (χ1v) is 6.60. The van der Waals surface area contributed by atoms with Gasteiger partial charge >= 0.3 is 6.09 Å². The summed E-state index contributed by atoms with van der Waals surface area (Å²) in [5.41, 5.74) is 5.79. The molecule has 4 heteroatoms. The predicted octanol–water partition coefficient (Wildman–Crippen LogP) is 1.98. The van der Waals surface area contributed by atoms with E-state index in [1.54, 1.807) is 4.90 Å². The molecule has 1 unspecified atom stereocenters.